The van der Waals surface area contributed by atoms with Crippen LogP contribution in [0.25, 0.3) is 22.8 Å². The summed E-state index contributed by atoms with van der Waals surface area (Å²) in [5, 5.41) is 8.50. The van der Waals surface area contributed by atoms with Crippen LogP contribution < -0.4 is 16.4 Å². The van der Waals surface area contributed by atoms with Gasteiger partial charge in [-0.1, -0.05) is 35.3 Å². The molecular weight excluding hydrogens is 401 g/mol. The largest absolute Gasteiger partial charge is 0.422 e. The Kier molecular flexibility index (Phi) is 4.65. The zero-order valence-corrected chi connectivity index (χ0v) is 16.9. The van der Waals surface area contributed by atoms with Crippen molar-refractivity contribution in [2.75, 3.05) is 17.7 Å². The Bertz CT molecular complexity index is 1020. The molecule has 10 heteroatoms. The van der Waals surface area contributed by atoms with Crippen molar-refractivity contribution in [3.63, 3.8) is 0 Å². The van der Waals surface area contributed by atoms with E-state index in [0.717, 1.165) is 12.8 Å². The number of nitrogen functional groups attached to an aromatic ring is 1. The quantitative estimate of drug-likeness (QED) is 0.659. The van der Waals surface area contributed by atoms with Crippen LogP contribution in [0.2, 0.25) is 10.0 Å². The van der Waals surface area contributed by atoms with Gasteiger partial charge in [-0.25, -0.2) is 9.97 Å². The maximum absolute atomic E-state index is 6.36. The molecule has 4 rings (SSSR count). The van der Waals surface area contributed by atoms with E-state index in [9.17, 15) is 0 Å². The van der Waals surface area contributed by atoms with Gasteiger partial charge < -0.3 is 20.8 Å². The molecule has 0 radical (unpaired) electrons. The van der Waals surface area contributed by atoms with Crippen molar-refractivity contribution >= 4 is 34.8 Å². The van der Waals surface area contributed by atoms with Crippen LogP contribution in [0.15, 0.2) is 29.0 Å². The van der Waals surface area contributed by atoms with Gasteiger partial charge in [-0.15, -0.1) is 10.2 Å². The van der Waals surface area contributed by atoms with E-state index in [2.05, 4.69) is 20.2 Å². The average molecular weight is 420 g/mol. The second kappa shape index (κ2) is 6.88. The molecule has 28 heavy (non-hydrogen) atoms. The molecule has 8 nitrogen and oxygen atoms in total. The number of anilines is 2. The van der Waals surface area contributed by atoms with Crippen LogP contribution >= 0.6 is 23.2 Å². The number of benzene rings is 1. The third-order valence-electron chi connectivity index (χ3n) is 4.96. The highest BCUT2D eigenvalue weighted by Gasteiger charge is 2.40. The lowest BCUT2D eigenvalue weighted by atomic mass is 9.74. The highest BCUT2D eigenvalue weighted by atomic mass is 35.5. The Morgan fingerprint density at radius 2 is 1.96 bits per heavy atom. The van der Waals surface area contributed by atoms with E-state index in [1.54, 1.807) is 18.2 Å². The summed E-state index contributed by atoms with van der Waals surface area (Å²) in [6.45, 7) is 2.03. The van der Waals surface area contributed by atoms with Gasteiger partial charge in [-0.05, 0) is 25.8 Å². The third kappa shape index (κ3) is 3.28. The smallest absolute Gasteiger partial charge is 0.269 e. The molecule has 146 valence electrons. The molecule has 4 N–H and O–H groups in total. The van der Waals surface area contributed by atoms with E-state index in [1.165, 1.54) is 6.39 Å². The minimum Gasteiger partial charge on any atom is -0.422 e. The standard InChI is InChI=1S/C18H19Cl2N7O/c1-18(22)6-9(7-18)27(2)16-14(17-26-23-8-28-17)24-13(15(21)25-16)10-4-3-5-11(19)12(10)20/h3-5,8-9H,6-7,22H2,1-2H3,(H2,21,25). The first-order valence-electron chi connectivity index (χ1n) is 8.67. The van der Waals surface area contributed by atoms with E-state index in [4.69, 9.17) is 39.1 Å². The summed E-state index contributed by atoms with van der Waals surface area (Å²) < 4.78 is 5.39. The van der Waals surface area contributed by atoms with E-state index in [0.29, 0.717) is 32.8 Å². The maximum Gasteiger partial charge on any atom is 0.269 e. The zero-order chi connectivity index (χ0) is 20.1. The fourth-order valence-electron chi connectivity index (χ4n) is 3.45. The molecule has 1 aliphatic rings. The lowest BCUT2D eigenvalue weighted by Gasteiger charge is -2.47. The number of rotatable bonds is 4. The Morgan fingerprint density at radius 1 is 1.21 bits per heavy atom. The second-order valence-electron chi connectivity index (χ2n) is 7.30. The number of nitrogens with zero attached hydrogens (tertiary/aromatic N) is 5. The van der Waals surface area contributed by atoms with Gasteiger partial charge in [-0.2, -0.15) is 0 Å². The summed E-state index contributed by atoms with van der Waals surface area (Å²) in [7, 11) is 1.93. The molecule has 1 fully saturated rings. The average Bonchev–Trinajstić information content (AvgIpc) is 3.16. The minimum atomic E-state index is -0.184. The van der Waals surface area contributed by atoms with Crippen molar-refractivity contribution in [2.24, 2.45) is 5.73 Å². The molecule has 0 unspecified atom stereocenters. The second-order valence-corrected chi connectivity index (χ2v) is 8.09. The SMILES string of the molecule is CN(c1nc(N)c(-c2cccc(Cl)c2Cl)nc1-c1nnco1)C1CC(C)(N)C1. The molecule has 0 amide bonds. The Labute approximate surface area is 171 Å². The van der Waals surface area contributed by atoms with Crippen LogP contribution in [0.3, 0.4) is 0 Å². The number of hydrogen-bond donors (Lipinski definition) is 2. The number of aromatic nitrogens is 4. The van der Waals surface area contributed by atoms with Crippen molar-refractivity contribution in [3.8, 4) is 22.8 Å². The van der Waals surface area contributed by atoms with Crippen molar-refractivity contribution in [1.29, 1.82) is 0 Å². The minimum absolute atomic E-state index is 0.184. The Hall–Kier alpha value is -2.42. The first-order valence-corrected chi connectivity index (χ1v) is 9.42. The predicted octanol–water partition coefficient (Wildman–Crippen LogP) is 3.40. The van der Waals surface area contributed by atoms with Crippen LogP contribution in [-0.2, 0) is 0 Å². The molecule has 1 aliphatic carbocycles. The summed E-state index contributed by atoms with van der Waals surface area (Å²) >= 11 is 12.5. The van der Waals surface area contributed by atoms with E-state index < -0.39 is 0 Å². The van der Waals surface area contributed by atoms with Gasteiger partial charge in [0.1, 0.15) is 5.69 Å². The topological polar surface area (TPSA) is 120 Å². The molecule has 1 saturated carbocycles. The van der Waals surface area contributed by atoms with Crippen molar-refractivity contribution in [2.45, 2.75) is 31.3 Å². The Balaban J connectivity index is 1.84. The molecule has 3 aromatic rings. The van der Waals surface area contributed by atoms with Crippen LogP contribution in [0.1, 0.15) is 19.8 Å². The van der Waals surface area contributed by atoms with E-state index in [1.807, 2.05) is 18.9 Å². The molecule has 0 spiro atoms. The van der Waals surface area contributed by atoms with Gasteiger partial charge in [0.05, 0.1) is 10.0 Å². The van der Waals surface area contributed by atoms with Gasteiger partial charge >= 0.3 is 0 Å². The fourth-order valence-corrected chi connectivity index (χ4v) is 3.84. The lowest BCUT2D eigenvalue weighted by Crippen LogP contribution is -2.58. The van der Waals surface area contributed by atoms with Crippen molar-refractivity contribution in [1.82, 2.24) is 20.2 Å². The van der Waals surface area contributed by atoms with Crippen LogP contribution in [0.5, 0.6) is 0 Å². The predicted molar refractivity (Wildman–Crippen MR) is 109 cm³/mol. The van der Waals surface area contributed by atoms with Crippen molar-refractivity contribution in [3.05, 3.63) is 34.6 Å². The van der Waals surface area contributed by atoms with Crippen LogP contribution in [0, 0.1) is 0 Å². The lowest BCUT2D eigenvalue weighted by molar-refractivity contribution is 0.226. The van der Waals surface area contributed by atoms with Crippen LogP contribution in [-0.4, -0.2) is 38.8 Å². The van der Waals surface area contributed by atoms with Crippen LogP contribution in [0.4, 0.5) is 11.6 Å². The molecule has 0 saturated heterocycles. The summed E-state index contributed by atoms with van der Waals surface area (Å²) in [6, 6.07) is 5.46. The molecule has 1 aromatic carbocycles. The van der Waals surface area contributed by atoms with Gasteiger partial charge in [0.25, 0.3) is 5.89 Å². The monoisotopic (exact) mass is 419 g/mol. The first-order chi connectivity index (χ1) is 13.3. The first kappa shape index (κ1) is 18.9. The van der Waals surface area contributed by atoms with Gasteiger partial charge in [0, 0.05) is 24.2 Å². The fraction of sp³-hybridized carbons (Fsp3) is 0.333. The number of nitrogens with two attached hydrogens (primary N) is 2. The highest BCUT2D eigenvalue weighted by molar-refractivity contribution is 6.43. The van der Waals surface area contributed by atoms with Crippen molar-refractivity contribution < 1.29 is 4.42 Å². The summed E-state index contributed by atoms with van der Waals surface area (Å²) in [5.74, 6) is 1.01. The molecule has 2 heterocycles. The van der Waals surface area contributed by atoms with Gasteiger partial charge in [0.15, 0.2) is 17.3 Å². The Morgan fingerprint density at radius 3 is 2.61 bits per heavy atom. The number of halogens is 2. The van der Waals surface area contributed by atoms with Gasteiger partial charge in [0.2, 0.25) is 6.39 Å². The van der Waals surface area contributed by atoms with Gasteiger partial charge in [-0.3, -0.25) is 0 Å². The molecule has 0 atom stereocenters. The molecule has 2 aromatic heterocycles. The molecular formula is C18H19Cl2N7O. The van der Waals surface area contributed by atoms with E-state index >= 15 is 0 Å². The number of hydrogen-bond acceptors (Lipinski definition) is 8. The molecule has 0 bridgehead atoms. The summed E-state index contributed by atoms with van der Waals surface area (Å²) in [6.07, 6.45) is 2.90. The summed E-state index contributed by atoms with van der Waals surface area (Å²) in [4.78, 5) is 11.3. The third-order valence-corrected chi connectivity index (χ3v) is 5.78. The highest BCUT2D eigenvalue weighted by Crippen LogP contribution is 2.40. The zero-order valence-electron chi connectivity index (χ0n) is 15.4. The maximum atomic E-state index is 6.36. The normalized spacial score (nSPS) is 21.4. The summed E-state index contributed by atoms with van der Waals surface area (Å²) in [5.41, 5.74) is 13.6. The molecule has 0 aliphatic heterocycles. The van der Waals surface area contributed by atoms with E-state index in [-0.39, 0.29) is 23.3 Å².